The Hall–Kier alpha value is -0.580. The fourth-order valence-corrected chi connectivity index (χ4v) is 3.08. The van der Waals surface area contributed by atoms with E-state index in [1.165, 1.54) is 6.26 Å². The average molecular weight is 247 g/mol. The van der Waals surface area contributed by atoms with E-state index < -0.39 is 9.84 Å². The summed E-state index contributed by atoms with van der Waals surface area (Å²) in [7, 11) is -2.94. The van der Waals surface area contributed by atoms with Crippen molar-refractivity contribution < 1.29 is 13.2 Å². The van der Waals surface area contributed by atoms with E-state index >= 15 is 0 Å². The van der Waals surface area contributed by atoms with E-state index in [9.17, 15) is 13.2 Å². The van der Waals surface area contributed by atoms with Crippen molar-refractivity contribution >= 4 is 15.7 Å². The van der Waals surface area contributed by atoms with Crippen LogP contribution in [0, 0.1) is 5.92 Å². The summed E-state index contributed by atoms with van der Waals surface area (Å²) in [5.74, 6) is 0.516. The van der Waals surface area contributed by atoms with Gasteiger partial charge in [0.05, 0.1) is 5.25 Å². The molecule has 94 valence electrons. The molecule has 1 heterocycles. The maximum Gasteiger partial charge on any atom is 0.222 e. The zero-order valence-corrected chi connectivity index (χ0v) is 11.1. The first kappa shape index (κ1) is 13.5. The van der Waals surface area contributed by atoms with Crippen molar-refractivity contribution in [3.63, 3.8) is 0 Å². The van der Waals surface area contributed by atoms with E-state index in [4.69, 9.17) is 0 Å². The molecule has 1 aliphatic rings. The topological polar surface area (TPSA) is 54.5 Å². The fraction of sp³-hybridized carbons (Fsp3) is 0.909. The molecule has 0 atom stereocenters. The first-order chi connectivity index (χ1) is 7.30. The predicted octanol–water partition coefficient (Wildman–Crippen LogP) is 1.07. The average Bonchev–Trinajstić information content (AvgIpc) is 2.15. The summed E-state index contributed by atoms with van der Waals surface area (Å²) in [5.41, 5.74) is 0. The summed E-state index contributed by atoms with van der Waals surface area (Å²) in [6.07, 6.45) is 3.01. The van der Waals surface area contributed by atoms with Crippen molar-refractivity contribution in [1.29, 1.82) is 0 Å². The number of likely N-dealkylation sites (tertiary alicyclic amines) is 1. The van der Waals surface area contributed by atoms with E-state index in [1.807, 2.05) is 13.8 Å². The van der Waals surface area contributed by atoms with Crippen LogP contribution in [-0.2, 0) is 14.6 Å². The molecule has 1 saturated heterocycles. The van der Waals surface area contributed by atoms with Gasteiger partial charge in [-0.2, -0.15) is 0 Å². The lowest BCUT2D eigenvalue weighted by atomic mass is 10.1. The number of sulfone groups is 1. The second kappa shape index (κ2) is 5.17. The van der Waals surface area contributed by atoms with Crippen molar-refractivity contribution in [2.24, 2.45) is 5.92 Å². The normalized spacial score (nSPS) is 19.1. The van der Waals surface area contributed by atoms with E-state index in [1.54, 1.807) is 4.90 Å². The van der Waals surface area contributed by atoms with Crippen LogP contribution in [0.1, 0.15) is 33.1 Å². The third-order valence-corrected chi connectivity index (χ3v) is 4.67. The van der Waals surface area contributed by atoms with E-state index in [2.05, 4.69) is 0 Å². The molecule has 0 bridgehead atoms. The summed E-state index contributed by atoms with van der Waals surface area (Å²) in [4.78, 5) is 13.5. The van der Waals surface area contributed by atoms with Gasteiger partial charge in [-0.25, -0.2) is 8.42 Å². The molecule has 16 heavy (non-hydrogen) atoms. The van der Waals surface area contributed by atoms with Gasteiger partial charge in [0.1, 0.15) is 9.84 Å². The Bertz CT molecular complexity index is 340. The standard InChI is InChI=1S/C11H21NO3S/c1-9(2)8-11(13)12-6-4-10(5-7-12)16(3,14)15/h9-10H,4-8H2,1-3H3. The van der Waals surface area contributed by atoms with Gasteiger partial charge in [-0.05, 0) is 18.8 Å². The summed E-state index contributed by atoms with van der Waals surface area (Å²) < 4.78 is 22.7. The van der Waals surface area contributed by atoms with Gasteiger partial charge in [-0.1, -0.05) is 13.8 Å². The molecule has 4 nitrogen and oxygen atoms in total. The zero-order chi connectivity index (χ0) is 12.3. The number of nitrogens with zero attached hydrogens (tertiary/aromatic N) is 1. The molecule has 0 aliphatic carbocycles. The lowest BCUT2D eigenvalue weighted by molar-refractivity contribution is -0.132. The van der Waals surface area contributed by atoms with Gasteiger partial charge in [0, 0.05) is 25.8 Å². The highest BCUT2D eigenvalue weighted by Crippen LogP contribution is 2.18. The molecular weight excluding hydrogens is 226 g/mol. The molecule has 0 spiro atoms. The number of amides is 1. The highest BCUT2D eigenvalue weighted by molar-refractivity contribution is 7.91. The lowest BCUT2D eigenvalue weighted by Gasteiger charge is -2.31. The van der Waals surface area contributed by atoms with Crippen LogP contribution in [0.4, 0.5) is 0 Å². The van der Waals surface area contributed by atoms with Gasteiger partial charge in [-0.3, -0.25) is 4.79 Å². The Balaban J connectivity index is 2.46. The molecule has 1 amide bonds. The zero-order valence-electron chi connectivity index (χ0n) is 10.3. The lowest BCUT2D eigenvalue weighted by Crippen LogP contribution is -2.42. The van der Waals surface area contributed by atoms with Crippen molar-refractivity contribution in [2.45, 2.75) is 38.4 Å². The third-order valence-electron chi connectivity index (χ3n) is 2.98. The smallest absolute Gasteiger partial charge is 0.222 e. The van der Waals surface area contributed by atoms with Crippen LogP contribution in [-0.4, -0.2) is 43.8 Å². The SMILES string of the molecule is CC(C)CC(=O)N1CCC(S(C)(=O)=O)CC1. The van der Waals surface area contributed by atoms with Crippen LogP contribution < -0.4 is 0 Å². The molecule has 0 unspecified atom stereocenters. The van der Waals surface area contributed by atoms with Gasteiger partial charge < -0.3 is 4.90 Å². The Kier molecular flexibility index (Phi) is 4.35. The van der Waals surface area contributed by atoms with Crippen LogP contribution in [0.3, 0.4) is 0 Å². The molecule has 0 radical (unpaired) electrons. The largest absolute Gasteiger partial charge is 0.343 e. The van der Waals surface area contributed by atoms with Gasteiger partial charge in [-0.15, -0.1) is 0 Å². The quantitative estimate of drug-likeness (QED) is 0.749. The Morgan fingerprint density at radius 2 is 1.81 bits per heavy atom. The number of hydrogen-bond donors (Lipinski definition) is 0. The molecule has 0 aromatic heterocycles. The Morgan fingerprint density at radius 3 is 2.19 bits per heavy atom. The number of carbonyl (C=O) groups excluding carboxylic acids is 1. The van der Waals surface area contributed by atoms with Gasteiger partial charge in [0.15, 0.2) is 0 Å². The highest BCUT2D eigenvalue weighted by Gasteiger charge is 2.28. The van der Waals surface area contributed by atoms with E-state index in [0.717, 1.165) is 0 Å². The Labute approximate surface area is 97.9 Å². The number of carbonyl (C=O) groups is 1. The third kappa shape index (κ3) is 3.77. The van der Waals surface area contributed by atoms with Gasteiger partial charge in [0.25, 0.3) is 0 Å². The molecule has 1 fully saturated rings. The predicted molar refractivity (Wildman–Crippen MR) is 63.9 cm³/mol. The van der Waals surface area contributed by atoms with Crippen LogP contribution in [0.2, 0.25) is 0 Å². The molecule has 1 rings (SSSR count). The minimum atomic E-state index is -2.94. The molecular formula is C11H21NO3S. The molecule has 0 aromatic rings. The number of piperidine rings is 1. The maximum atomic E-state index is 11.7. The summed E-state index contributed by atoms with van der Waals surface area (Å²) in [5, 5.41) is -0.254. The van der Waals surface area contributed by atoms with Crippen molar-refractivity contribution in [1.82, 2.24) is 4.90 Å². The fourth-order valence-electron chi connectivity index (χ4n) is 2.01. The van der Waals surface area contributed by atoms with Crippen molar-refractivity contribution in [3.8, 4) is 0 Å². The molecule has 1 aliphatic heterocycles. The van der Waals surface area contributed by atoms with Crippen molar-refractivity contribution in [2.75, 3.05) is 19.3 Å². The second-order valence-electron chi connectivity index (χ2n) is 5.01. The van der Waals surface area contributed by atoms with E-state index in [0.29, 0.717) is 38.3 Å². The molecule has 5 heteroatoms. The summed E-state index contributed by atoms with van der Waals surface area (Å²) in [6.45, 7) is 5.20. The maximum absolute atomic E-state index is 11.7. The van der Waals surface area contributed by atoms with Crippen LogP contribution >= 0.6 is 0 Å². The van der Waals surface area contributed by atoms with Crippen LogP contribution in [0.25, 0.3) is 0 Å². The molecule has 0 aromatic carbocycles. The first-order valence-corrected chi connectivity index (χ1v) is 7.73. The van der Waals surface area contributed by atoms with Crippen LogP contribution in [0.5, 0.6) is 0 Å². The summed E-state index contributed by atoms with van der Waals surface area (Å²) in [6, 6.07) is 0. The summed E-state index contributed by atoms with van der Waals surface area (Å²) >= 11 is 0. The highest BCUT2D eigenvalue weighted by atomic mass is 32.2. The van der Waals surface area contributed by atoms with Gasteiger partial charge >= 0.3 is 0 Å². The Morgan fingerprint density at radius 1 is 1.31 bits per heavy atom. The minimum absolute atomic E-state index is 0.155. The number of rotatable bonds is 3. The van der Waals surface area contributed by atoms with E-state index in [-0.39, 0.29) is 11.2 Å². The molecule has 0 N–H and O–H groups in total. The van der Waals surface area contributed by atoms with Crippen molar-refractivity contribution in [3.05, 3.63) is 0 Å². The minimum Gasteiger partial charge on any atom is -0.343 e. The first-order valence-electron chi connectivity index (χ1n) is 5.77. The molecule has 0 saturated carbocycles. The van der Waals surface area contributed by atoms with Crippen LogP contribution in [0.15, 0.2) is 0 Å². The second-order valence-corrected chi connectivity index (χ2v) is 7.33. The van der Waals surface area contributed by atoms with Gasteiger partial charge in [0.2, 0.25) is 5.91 Å². The number of hydrogen-bond acceptors (Lipinski definition) is 3. The monoisotopic (exact) mass is 247 g/mol.